The second kappa shape index (κ2) is 22.7. The highest BCUT2D eigenvalue weighted by Crippen LogP contribution is 2.15. The van der Waals surface area contributed by atoms with E-state index in [1.54, 1.807) is 5.82 Å². The van der Waals surface area contributed by atoms with Crippen molar-refractivity contribution in [3.8, 4) is 0 Å². The molecule has 0 aliphatic carbocycles. The summed E-state index contributed by atoms with van der Waals surface area (Å²) in [6.07, 6.45) is 37.3. The van der Waals surface area contributed by atoms with Gasteiger partial charge in [0.25, 0.3) is 5.82 Å². The Balaban J connectivity index is 2.05. The van der Waals surface area contributed by atoms with Gasteiger partial charge in [-0.3, -0.25) is 0 Å². The van der Waals surface area contributed by atoms with Crippen molar-refractivity contribution in [2.75, 3.05) is 0 Å². The molecule has 0 aromatic carbocycles. The van der Waals surface area contributed by atoms with Crippen molar-refractivity contribution >= 4 is 0 Å². The minimum atomic E-state index is 0.571. The Kier molecular flexibility index (Phi) is 20.8. The Morgan fingerprint density at radius 1 is 0.559 bits per heavy atom. The number of aromatic nitrogens is 2. The molecule has 1 aromatic rings. The Hall–Kier alpha value is -0.790. The van der Waals surface area contributed by atoms with Crippen LogP contribution in [0.2, 0.25) is 0 Å². The van der Waals surface area contributed by atoms with Crippen LogP contribution in [0.15, 0.2) is 12.4 Å². The van der Waals surface area contributed by atoms with Gasteiger partial charge in [-0.05, 0) is 33.1 Å². The molecule has 34 heavy (non-hydrogen) atoms. The summed E-state index contributed by atoms with van der Waals surface area (Å²) < 4.78 is 5.08. The maximum atomic E-state index is 2.56. The third-order valence-electron chi connectivity index (χ3n) is 7.60. The van der Waals surface area contributed by atoms with E-state index < -0.39 is 0 Å². The second-order valence-corrected chi connectivity index (χ2v) is 11.2. The Morgan fingerprint density at radius 3 is 1.35 bits per heavy atom. The molecular formula is C32H63N2+. The fraction of sp³-hybridized carbons (Fsp3) is 0.906. The predicted octanol–water partition coefficient (Wildman–Crippen LogP) is 10.5. The summed E-state index contributed by atoms with van der Waals surface area (Å²) in [5.41, 5.74) is 0. The first-order chi connectivity index (χ1) is 16.7. The van der Waals surface area contributed by atoms with E-state index in [4.69, 9.17) is 0 Å². The van der Waals surface area contributed by atoms with Crippen LogP contribution in [0.3, 0.4) is 0 Å². The lowest BCUT2D eigenvalue weighted by Crippen LogP contribution is -2.39. The van der Waals surface area contributed by atoms with E-state index in [-0.39, 0.29) is 0 Å². The van der Waals surface area contributed by atoms with E-state index in [0.29, 0.717) is 6.04 Å². The molecule has 0 fully saturated rings. The average Bonchev–Trinajstić information content (AvgIpc) is 3.24. The van der Waals surface area contributed by atoms with Crippen molar-refractivity contribution in [1.82, 2.24) is 4.57 Å². The Labute approximate surface area is 215 Å². The number of hydrogen-bond donors (Lipinski definition) is 0. The summed E-state index contributed by atoms with van der Waals surface area (Å²) in [4.78, 5) is 0. The van der Waals surface area contributed by atoms with E-state index >= 15 is 0 Å². The van der Waals surface area contributed by atoms with E-state index in [0.717, 1.165) is 0 Å². The molecule has 200 valence electrons. The molecule has 0 aliphatic rings. The van der Waals surface area contributed by atoms with Gasteiger partial charge in [0.15, 0.2) is 0 Å². The molecule has 0 amide bonds. The summed E-state index contributed by atoms with van der Waals surface area (Å²) in [7, 11) is 0. The zero-order valence-corrected chi connectivity index (χ0v) is 24.1. The molecule has 0 saturated heterocycles. The van der Waals surface area contributed by atoms with Crippen molar-refractivity contribution in [2.24, 2.45) is 0 Å². The maximum Gasteiger partial charge on any atom is 0.256 e. The molecule has 1 rings (SSSR count). The lowest BCUT2D eigenvalue weighted by Gasteiger charge is -2.08. The highest BCUT2D eigenvalue weighted by molar-refractivity contribution is 4.85. The van der Waals surface area contributed by atoms with Gasteiger partial charge in [0, 0.05) is 6.42 Å². The van der Waals surface area contributed by atoms with Crippen LogP contribution >= 0.6 is 0 Å². The standard InChI is InChI=1S/C32H63N2/c1-5-7-9-11-13-14-15-16-17-18-19-20-21-22-23-25-27-32-33(29-30-34(32)31(3)4)28-26-24-12-10-8-6-2/h29-31H,5-28H2,1-4H3/q+1. The topological polar surface area (TPSA) is 8.81 Å². The summed E-state index contributed by atoms with van der Waals surface area (Å²) in [6.45, 7) is 10.5. The minimum Gasteiger partial charge on any atom is -0.234 e. The van der Waals surface area contributed by atoms with Gasteiger partial charge in [0.1, 0.15) is 12.4 Å². The van der Waals surface area contributed by atoms with E-state index in [1.165, 1.54) is 154 Å². The summed E-state index contributed by atoms with van der Waals surface area (Å²) >= 11 is 0. The van der Waals surface area contributed by atoms with E-state index in [9.17, 15) is 0 Å². The van der Waals surface area contributed by atoms with Crippen LogP contribution in [0.25, 0.3) is 0 Å². The molecule has 1 heterocycles. The van der Waals surface area contributed by atoms with Gasteiger partial charge in [0.05, 0.1) is 12.6 Å². The second-order valence-electron chi connectivity index (χ2n) is 11.2. The molecule has 0 aliphatic heterocycles. The first kappa shape index (κ1) is 31.2. The molecule has 2 nitrogen and oxygen atoms in total. The molecule has 1 aromatic heterocycles. The first-order valence-electron chi connectivity index (χ1n) is 15.8. The van der Waals surface area contributed by atoms with Crippen molar-refractivity contribution in [3.63, 3.8) is 0 Å². The summed E-state index contributed by atoms with van der Waals surface area (Å²) in [5.74, 6) is 1.56. The molecule has 0 saturated carbocycles. The van der Waals surface area contributed by atoms with Crippen LogP contribution in [0.1, 0.15) is 181 Å². The smallest absolute Gasteiger partial charge is 0.234 e. The van der Waals surface area contributed by atoms with Crippen LogP contribution < -0.4 is 4.57 Å². The maximum absolute atomic E-state index is 2.56. The predicted molar refractivity (Wildman–Crippen MR) is 152 cm³/mol. The minimum absolute atomic E-state index is 0.571. The van der Waals surface area contributed by atoms with Gasteiger partial charge in [-0.15, -0.1) is 0 Å². The number of unbranched alkanes of at least 4 members (excludes halogenated alkanes) is 20. The lowest BCUT2D eigenvalue weighted by molar-refractivity contribution is -0.722. The third kappa shape index (κ3) is 16.0. The fourth-order valence-electron chi connectivity index (χ4n) is 5.31. The fourth-order valence-corrected chi connectivity index (χ4v) is 5.31. The third-order valence-corrected chi connectivity index (χ3v) is 7.60. The van der Waals surface area contributed by atoms with Crippen LogP contribution in [0.5, 0.6) is 0 Å². The Bertz CT molecular complexity index is 545. The van der Waals surface area contributed by atoms with E-state index in [2.05, 4.69) is 49.2 Å². The molecule has 0 bridgehead atoms. The molecule has 0 unspecified atom stereocenters. The Morgan fingerprint density at radius 2 is 0.941 bits per heavy atom. The SMILES string of the molecule is CCCCCCCCCCCCCCCCCCc1n(CCCCCCCC)cc[n+]1C(C)C. The molecule has 0 spiro atoms. The largest absolute Gasteiger partial charge is 0.256 e. The molecule has 0 radical (unpaired) electrons. The zero-order valence-electron chi connectivity index (χ0n) is 24.1. The van der Waals surface area contributed by atoms with Gasteiger partial charge in [-0.1, -0.05) is 136 Å². The normalized spacial score (nSPS) is 11.7. The van der Waals surface area contributed by atoms with Gasteiger partial charge in [0.2, 0.25) is 0 Å². The number of rotatable bonds is 25. The molecule has 2 heteroatoms. The highest BCUT2D eigenvalue weighted by Gasteiger charge is 2.18. The van der Waals surface area contributed by atoms with Crippen molar-refractivity contribution in [1.29, 1.82) is 0 Å². The van der Waals surface area contributed by atoms with Crippen LogP contribution in [-0.2, 0) is 13.0 Å². The molecule has 0 N–H and O–H groups in total. The summed E-state index contributed by atoms with van der Waals surface area (Å²) in [6, 6.07) is 0.571. The quantitative estimate of drug-likeness (QED) is 0.0981. The number of nitrogens with zero attached hydrogens (tertiary/aromatic N) is 2. The van der Waals surface area contributed by atoms with Crippen molar-refractivity contribution in [2.45, 2.75) is 188 Å². The molecule has 0 atom stereocenters. The lowest BCUT2D eigenvalue weighted by atomic mass is 10.0. The highest BCUT2D eigenvalue weighted by atomic mass is 15.2. The zero-order chi connectivity index (χ0) is 24.7. The average molecular weight is 476 g/mol. The first-order valence-corrected chi connectivity index (χ1v) is 15.8. The van der Waals surface area contributed by atoms with Crippen molar-refractivity contribution in [3.05, 3.63) is 18.2 Å². The van der Waals surface area contributed by atoms with Gasteiger partial charge in [-0.25, -0.2) is 9.13 Å². The van der Waals surface area contributed by atoms with E-state index in [1.807, 2.05) is 0 Å². The van der Waals surface area contributed by atoms with Crippen LogP contribution in [0, 0.1) is 0 Å². The number of aryl methyl sites for hydroxylation is 1. The van der Waals surface area contributed by atoms with Crippen LogP contribution in [-0.4, -0.2) is 4.57 Å². The monoisotopic (exact) mass is 475 g/mol. The summed E-state index contributed by atoms with van der Waals surface area (Å²) in [5, 5.41) is 0. The number of imidazole rings is 1. The van der Waals surface area contributed by atoms with Crippen LogP contribution in [0.4, 0.5) is 0 Å². The van der Waals surface area contributed by atoms with Crippen molar-refractivity contribution < 1.29 is 4.57 Å². The molecular weight excluding hydrogens is 412 g/mol. The number of hydrogen-bond acceptors (Lipinski definition) is 0. The van der Waals surface area contributed by atoms with Gasteiger partial charge < -0.3 is 0 Å². The van der Waals surface area contributed by atoms with Gasteiger partial charge >= 0.3 is 0 Å². The van der Waals surface area contributed by atoms with Gasteiger partial charge in [-0.2, -0.15) is 0 Å².